The van der Waals surface area contributed by atoms with Crippen LogP contribution in [0.5, 0.6) is 0 Å². The lowest BCUT2D eigenvalue weighted by Crippen LogP contribution is -2.41. The molecule has 7 heteroatoms. The second kappa shape index (κ2) is 10.4. The van der Waals surface area contributed by atoms with Crippen molar-refractivity contribution < 1.29 is 9.53 Å². The van der Waals surface area contributed by atoms with Gasteiger partial charge in [-0.1, -0.05) is 12.1 Å². The van der Waals surface area contributed by atoms with Crippen molar-refractivity contribution >= 4 is 23.5 Å². The summed E-state index contributed by atoms with van der Waals surface area (Å²) in [5, 5.41) is 2.97. The number of nitrogens with one attached hydrogen (secondary N) is 1. The van der Waals surface area contributed by atoms with Crippen LogP contribution in [0.3, 0.4) is 0 Å². The zero-order valence-electron chi connectivity index (χ0n) is 17.5. The molecule has 0 aliphatic carbocycles. The summed E-state index contributed by atoms with van der Waals surface area (Å²) in [5.74, 6) is 1.71. The molecule has 160 valence electrons. The quantitative estimate of drug-likeness (QED) is 0.569. The van der Waals surface area contributed by atoms with Gasteiger partial charge in [-0.05, 0) is 54.4 Å². The normalized spacial score (nSPS) is 16.2. The zero-order chi connectivity index (χ0) is 21.5. The molecule has 0 radical (unpaired) electrons. The van der Waals surface area contributed by atoms with E-state index in [2.05, 4.69) is 33.2 Å². The summed E-state index contributed by atoms with van der Waals surface area (Å²) in [7, 11) is 0. The van der Waals surface area contributed by atoms with Crippen molar-refractivity contribution in [3.05, 3.63) is 83.8 Å². The maximum absolute atomic E-state index is 12.5. The standard InChI is InChI=1S/C24H26N4O2S/c1-18-16-28(11-12-30-18)23-9-4-19(14-26-23)15-27-24(29)21-5-7-22(8-6-21)31-17-20-3-2-10-25-13-20/h2-10,13-14,18H,11-12,15-17H2,1H3,(H,27,29). The van der Waals surface area contributed by atoms with E-state index in [1.807, 2.05) is 54.9 Å². The van der Waals surface area contributed by atoms with Gasteiger partial charge in [0.05, 0.1) is 12.7 Å². The van der Waals surface area contributed by atoms with Gasteiger partial charge in [0, 0.05) is 54.4 Å². The molecule has 1 aliphatic rings. The number of anilines is 1. The van der Waals surface area contributed by atoms with Crippen LogP contribution >= 0.6 is 11.8 Å². The summed E-state index contributed by atoms with van der Waals surface area (Å²) in [6, 6.07) is 15.7. The molecule has 1 saturated heterocycles. The first-order chi connectivity index (χ1) is 15.2. The fraction of sp³-hybridized carbons (Fsp3) is 0.292. The molecule has 31 heavy (non-hydrogen) atoms. The Bertz CT molecular complexity index is 981. The minimum atomic E-state index is -0.0881. The number of ether oxygens (including phenoxy) is 1. The second-order valence-electron chi connectivity index (χ2n) is 7.51. The molecule has 0 bridgehead atoms. The molecule has 4 rings (SSSR count). The van der Waals surface area contributed by atoms with Gasteiger partial charge in [0.1, 0.15) is 5.82 Å². The van der Waals surface area contributed by atoms with Crippen LogP contribution < -0.4 is 10.2 Å². The van der Waals surface area contributed by atoms with Crippen molar-refractivity contribution in [3.8, 4) is 0 Å². The topological polar surface area (TPSA) is 67.4 Å². The number of hydrogen-bond donors (Lipinski definition) is 1. The maximum Gasteiger partial charge on any atom is 0.251 e. The zero-order valence-corrected chi connectivity index (χ0v) is 18.3. The van der Waals surface area contributed by atoms with Gasteiger partial charge in [0.2, 0.25) is 0 Å². The summed E-state index contributed by atoms with van der Waals surface area (Å²) in [4.78, 5) is 24.5. The number of nitrogens with zero attached hydrogens (tertiary/aromatic N) is 3. The number of carbonyl (C=O) groups excluding carboxylic acids is 1. The van der Waals surface area contributed by atoms with Gasteiger partial charge >= 0.3 is 0 Å². The number of pyridine rings is 2. The lowest BCUT2D eigenvalue weighted by atomic mass is 10.2. The fourth-order valence-corrected chi connectivity index (χ4v) is 4.20. The van der Waals surface area contributed by atoms with Gasteiger partial charge in [0.25, 0.3) is 5.91 Å². The average molecular weight is 435 g/mol. The summed E-state index contributed by atoms with van der Waals surface area (Å²) in [6.07, 6.45) is 5.69. The van der Waals surface area contributed by atoms with Crippen molar-refractivity contribution in [2.75, 3.05) is 24.6 Å². The highest BCUT2D eigenvalue weighted by Crippen LogP contribution is 2.22. The number of carbonyl (C=O) groups is 1. The molecule has 1 N–H and O–H groups in total. The third-order valence-corrected chi connectivity index (χ3v) is 6.16. The number of amides is 1. The Morgan fingerprint density at radius 3 is 2.74 bits per heavy atom. The first kappa shape index (κ1) is 21.3. The summed E-state index contributed by atoms with van der Waals surface area (Å²) < 4.78 is 5.58. The number of rotatable bonds is 7. The van der Waals surface area contributed by atoms with Gasteiger partial charge in [-0.15, -0.1) is 11.8 Å². The maximum atomic E-state index is 12.5. The van der Waals surface area contributed by atoms with E-state index in [0.29, 0.717) is 12.1 Å². The number of thioether (sulfide) groups is 1. The molecule has 1 aromatic carbocycles. The Labute approximate surface area is 187 Å². The largest absolute Gasteiger partial charge is 0.375 e. The monoisotopic (exact) mass is 434 g/mol. The lowest BCUT2D eigenvalue weighted by Gasteiger charge is -2.32. The first-order valence-corrected chi connectivity index (χ1v) is 11.4. The van der Waals surface area contributed by atoms with Crippen LogP contribution in [0.25, 0.3) is 0 Å². The average Bonchev–Trinajstić information content (AvgIpc) is 2.82. The minimum absolute atomic E-state index is 0.0881. The third kappa shape index (κ3) is 6.06. The van der Waals surface area contributed by atoms with Gasteiger partial charge in [0.15, 0.2) is 0 Å². The lowest BCUT2D eigenvalue weighted by molar-refractivity contribution is 0.0529. The Balaban J connectivity index is 1.26. The van der Waals surface area contributed by atoms with Crippen LogP contribution in [0.15, 0.2) is 72.0 Å². The van der Waals surface area contributed by atoms with Gasteiger partial charge in [-0.3, -0.25) is 9.78 Å². The van der Waals surface area contributed by atoms with Crippen LogP contribution in [0, 0.1) is 0 Å². The van der Waals surface area contributed by atoms with Gasteiger partial charge < -0.3 is 15.0 Å². The van der Waals surface area contributed by atoms with Crippen molar-refractivity contribution in [1.29, 1.82) is 0 Å². The molecule has 2 aromatic heterocycles. The van der Waals surface area contributed by atoms with Crippen molar-refractivity contribution in [1.82, 2.24) is 15.3 Å². The minimum Gasteiger partial charge on any atom is -0.375 e. The van der Waals surface area contributed by atoms with E-state index in [1.54, 1.807) is 18.0 Å². The molecule has 1 fully saturated rings. The summed E-state index contributed by atoms with van der Waals surface area (Å²) in [5.41, 5.74) is 2.80. The molecular weight excluding hydrogens is 408 g/mol. The molecule has 6 nitrogen and oxygen atoms in total. The fourth-order valence-electron chi connectivity index (χ4n) is 3.37. The predicted molar refractivity (Wildman–Crippen MR) is 123 cm³/mol. The smallest absolute Gasteiger partial charge is 0.251 e. The highest BCUT2D eigenvalue weighted by atomic mass is 32.2. The highest BCUT2D eigenvalue weighted by Gasteiger charge is 2.17. The number of morpholine rings is 1. The molecular formula is C24H26N4O2S. The second-order valence-corrected chi connectivity index (χ2v) is 8.56. The first-order valence-electron chi connectivity index (χ1n) is 10.4. The van der Waals surface area contributed by atoms with Crippen LogP contribution in [-0.2, 0) is 17.0 Å². The number of hydrogen-bond acceptors (Lipinski definition) is 6. The van der Waals surface area contributed by atoms with E-state index in [4.69, 9.17) is 4.74 Å². The van der Waals surface area contributed by atoms with Gasteiger partial charge in [-0.25, -0.2) is 4.98 Å². The van der Waals surface area contributed by atoms with Gasteiger partial charge in [-0.2, -0.15) is 0 Å². The molecule has 0 saturated carbocycles. The Morgan fingerprint density at radius 1 is 1.16 bits per heavy atom. The van der Waals surface area contributed by atoms with E-state index >= 15 is 0 Å². The Kier molecular flexibility index (Phi) is 7.17. The van der Waals surface area contributed by atoms with Crippen molar-refractivity contribution in [2.45, 2.75) is 30.2 Å². The molecule has 1 atom stereocenters. The Morgan fingerprint density at radius 2 is 2.03 bits per heavy atom. The SMILES string of the molecule is CC1CN(c2ccc(CNC(=O)c3ccc(SCc4cccnc4)cc3)cn2)CCO1. The van der Waals surface area contributed by atoms with Crippen LogP contribution in [-0.4, -0.2) is 41.7 Å². The molecule has 1 aliphatic heterocycles. The van der Waals surface area contributed by atoms with E-state index in [9.17, 15) is 4.79 Å². The molecule has 3 heterocycles. The van der Waals surface area contributed by atoms with Crippen molar-refractivity contribution in [3.63, 3.8) is 0 Å². The molecule has 1 amide bonds. The van der Waals surface area contributed by atoms with Crippen molar-refractivity contribution in [2.24, 2.45) is 0 Å². The highest BCUT2D eigenvalue weighted by molar-refractivity contribution is 7.98. The van der Waals surface area contributed by atoms with Crippen LogP contribution in [0.4, 0.5) is 5.82 Å². The number of benzene rings is 1. The summed E-state index contributed by atoms with van der Waals surface area (Å²) in [6.45, 7) is 4.94. The van der Waals surface area contributed by atoms with E-state index in [1.165, 1.54) is 5.56 Å². The van der Waals surface area contributed by atoms with E-state index in [0.717, 1.165) is 41.7 Å². The van der Waals surface area contributed by atoms with E-state index in [-0.39, 0.29) is 12.0 Å². The molecule has 0 spiro atoms. The van der Waals surface area contributed by atoms with Crippen LogP contribution in [0.2, 0.25) is 0 Å². The summed E-state index contributed by atoms with van der Waals surface area (Å²) >= 11 is 1.73. The Hall–Kier alpha value is -2.90. The number of aromatic nitrogens is 2. The predicted octanol–water partition coefficient (Wildman–Crippen LogP) is 3.92. The molecule has 1 unspecified atom stereocenters. The third-order valence-electron chi connectivity index (χ3n) is 5.07. The van der Waals surface area contributed by atoms with Crippen LogP contribution in [0.1, 0.15) is 28.4 Å². The van der Waals surface area contributed by atoms with E-state index < -0.39 is 0 Å². The molecule has 3 aromatic rings.